The molecular weight excluding hydrogens is 304 g/mol. The maximum Gasteiger partial charge on any atom is 0.0892 e. The molecule has 0 saturated heterocycles. The van der Waals surface area contributed by atoms with Crippen molar-refractivity contribution >= 4 is 21.4 Å². The SMILES string of the molecule is NC(Cc1ccccc1Br)c1cnn2ccncc12. The minimum Gasteiger partial charge on any atom is -0.324 e. The van der Waals surface area contributed by atoms with E-state index in [2.05, 4.69) is 32.1 Å². The number of benzene rings is 1. The highest BCUT2D eigenvalue weighted by atomic mass is 79.9. The van der Waals surface area contributed by atoms with E-state index in [9.17, 15) is 0 Å². The second-order valence-electron chi connectivity index (χ2n) is 4.41. The fourth-order valence-electron chi connectivity index (χ4n) is 2.15. The fourth-order valence-corrected chi connectivity index (χ4v) is 2.60. The molecule has 3 aromatic rings. The Morgan fingerprint density at radius 2 is 2.11 bits per heavy atom. The summed E-state index contributed by atoms with van der Waals surface area (Å²) in [5, 5.41) is 4.29. The Balaban J connectivity index is 1.92. The van der Waals surface area contributed by atoms with Gasteiger partial charge >= 0.3 is 0 Å². The van der Waals surface area contributed by atoms with Gasteiger partial charge in [0.2, 0.25) is 0 Å². The van der Waals surface area contributed by atoms with Crippen molar-refractivity contribution in [2.24, 2.45) is 5.73 Å². The first-order chi connectivity index (χ1) is 9.25. The molecule has 0 bridgehead atoms. The zero-order valence-electron chi connectivity index (χ0n) is 10.2. The van der Waals surface area contributed by atoms with Crippen LogP contribution in [0.25, 0.3) is 5.52 Å². The molecule has 0 aliphatic carbocycles. The van der Waals surface area contributed by atoms with Crippen LogP contribution in [0.2, 0.25) is 0 Å². The molecule has 0 aliphatic rings. The highest BCUT2D eigenvalue weighted by Crippen LogP contribution is 2.24. The predicted octanol–water partition coefficient (Wildman–Crippen LogP) is 2.73. The van der Waals surface area contributed by atoms with Crippen LogP contribution in [0.1, 0.15) is 17.2 Å². The lowest BCUT2D eigenvalue weighted by Gasteiger charge is -2.11. The Kier molecular flexibility index (Phi) is 3.31. The van der Waals surface area contributed by atoms with Gasteiger partial charge in [0.1, 0.15) is 0 Å². The minimum absolute atomic E-state index is 0.0969. The highest BCUT2D eigenvalue weighted by molar-refractivity contribution is 9.10. The van der Waals surface area contributed by atoms with E-state index in [1.165, 1.54) is 5.56 Å². The summed E-state index contributed by atoms with van der Waals surface area (Å²) in [6.45, 7) is 0. The molecule has 2 N–H and O–H groups in total. The van der Waals surface area contributed by atoms with Crippen molar-refractivity contribution in [1.82, 2.24) is 14.6 Å². The molecule has 19 heavy (non-hydrogen) atoms. The Morgan fingerprint density at radius 3 is 2.95 bits per heavy atom. The second kappa shape index (κ2) is 5.11. The Hall–Kier alpha value is -1.72. The summed E-state index contributed by atoms with van der Waals surface area (Å²) in [6, 6.07) is 8.02. The van der Waals surface area contributed by atoms with Gasteiger partial charge in [0, 0.05) is 28.5 Å². The Bertz CT molecular complexity index is 707. The molecule has 0 aliphatic heterocycles. The van der Waals surface area contributed by atoms with Gasteiger partial charge in [-0.25, -0.2) is 4.52 Å². The third kappa shape index (κ3) is 2.39. The molecule has 1 unspecified atom stereocenters. The number of hydrogen-bond acceptors (Lipinski definition) is 3. The molecule has 4 nitrogen and oxygen atoms in total. The molecule has 2 heterocycles. The van der Waals surface area contributed by atoms with Gasteiger partial charge in [-0.05, 0) is 18.1 Å². The van der Waals surface area contributed by atoms with Crippen LogP contribution in [0.5, 0.6) is 0 Å². The molecule has 3 rings (SSSR count). The van der Waals surface area contributed by atoms with E-state index >= 15 is 0 Å². The monoisotopic (exact) mass is 316 g/mol. The normalized spacial score (nSPS) is 12.7. The quantitative estimate of drug-likeness (QED) is 0.808. The average Bonchev–Trinajstić information content (AvgIpc) is 2.85. The van der Waals surface area contributed by atoms with E-state index in [4.69, 9.17) is 5.73 Å². The molecule has 1 aromatic carbocycles. The zero-order valence-corrected chi connectivity index (χ0v) is 11.8. The number of fused-ring (bicyclic) bond motifs is 1. The van der Waals surface area contributed by atoms with Gasteiger partial charge in [-0.2, -0.15) is 5.10 Å². The van der Waals surface area contributed by atoms with Crippen LogP contribution in [0.4, 0.5) is 0 Å². The maximum atomic E-state index is 6.30. The molecule has 0 fully saturated rings. The lowest BCUT2D eigenvalue weighted by molar-refractivity contribution is 0.725. The number of hydrogen-bond donors (Lipinski definition) is 1. The molecule has 2 aromatic heterocycles. The van der Waals surface area contributed by atoms with Crippen molar-refractivity contribution < 1.29 is 0 Å². The smallest absolute Gasteiger partial charge is 0.0892 e. The summed E-state index contributed by atoms with van der Waals surface area (Å²) in [4.78, 5) is 4.13. The van der Waals surface area contributed by atoms with Crippen molar-refractivity contribution in [3.8, 4) is 0 Å². The summed E-state index contributed by atoms with van der Waals surface area (Å²) in [5.74, 6) is 0. The van der Waals surface area contributed by atoms with E-state index in [1.807, 2.05) is 30.6 Å². The van der Waals surface area contributed by atoms with E-state index in [0.29, 0.717) is 0 Å². The van der Waals surface area contributed by atoms with Gasteiger partial charge in [0.15, 0.2) is 0 Å². The van der Waals surface area contributed by atoms with Gasteiger partial charge in [-0.15, -0.1) is 0 Å². The largest absolute Gasteiger partial charge is 0.324 e. The lowest BCUT2D eigenvalue weighted by atomic mass is 10.0. The summed E-state index contributed by atoms with van der Waals surface area (Å²) >= 11 is 3.55. The van der Waals surface area contributed by atoms with Crippen LogP contribution in [-0.4, -0.2) is 14.6 Å². The van der Waals surface area contributed by atoms with Crippen molar-refractivity contribution in [1.29, 1.82) is 0 Å². The number of nitrogens with two attached hydrogens (primary N) is 1. The minimum atomic E-state index is -0.0969. The first-order valence-corrected chi connectivity index (χ1v) is 6.81. The highest BCUT2D eigenvalue weighted by Gasteiger charge is 2.14. The van der Waals surface area contributed by atoms with Crippen LogP contribution in [0.15, 0.2) is 53.5 Å². The van der Waals surface area contributed by atoms with Crippen molar-refractivity contribution in [2.45, 2.75) is 12.5 Å². The van der Waals surface area contributed by atoms with Crippen LogP contribution < -0.4 is 5.73 Å². The number of nitrogens with zero attached hydrogens (tertiary/aromatic N) is 3. The molecule has 0 spiro atoms. The number of halogens is 1. The average molecular weight is 317 g/mol. The van der Waals surface area contributed by atoms with E-state index < -0.39 is 0 Å². The molecule has 0 amide bonds. The van der Waals surface area contributed by atoms with E-state index in [0.717, 1.165) is 22.0 Å². The summed E-state index contributed by atoms with van der Waals surface area (Å²) in [7, 11) is 0. The first kappa shape index (κ1) is 12.3. The summed E-state index contributed by atoms with van der Waals surface area (Å²) < 4.78 is 2.88. The molecular formula is C14H13BrN4. The van der Waals surface area contributed by atoms with Gasteiger partial charge in [0.05, 0.1) is 17.9 Å². The van der Waals surface area contributed by atoms with Crippen LogP contribution in [0, 0.1) is 0 Å². The standard InChI is InChI=1S/C14H13BrN4/c15-12-4-2-1-3-10(12)7-13(16)11-8-18-19-6-5-17-9-14(11)19/h1-6,8-9,13H,7,16H2. The Labute approximate surface area is 119 Å². The van der Waals surface area contributed by atoms with Gasteiger partial charge in [-0.3, -0.25) is 4.98 Å². The molecule has 0 radical (unpaired) electrons. The summed E-state index contributed by atoms with van der Waals surface area (Å²) in [5.41, 5.74) is 9.48. The van der Waals surface area contributed by atoms with Crippen LogP contribution in [0.3, 0.4) is 0 Å². The van der Waals surface area contributed by atoms with Gasteiger partial charge in [-0.1, -0.05) is 34.1 Å². The number of rotatable bonds is 3. The van der Waals surface area contributed by atoms with Crippen molar-refractivity contribution in [3.63, 3.8) is 0 Å². The topological polar surface area (TPSA) is 56.2 Å². The third-order valence-corrected chi connectivity index (χ3v) is 3.93. The molecule has 96 valence electrons. The molecule has 5 heteroatoms. The van der Waals surface area contributed by atoms with Crippen molar-refractivity contribution in [3.05, 3.63) is 64.7 Å². The molecule has 1 atom stereocenters. The van der Waals surface area contributed by atoms with Gasteiger partial charge < -0.3 is 5.73 Å². The van der Waals surface area contributed by atoms with E-state index in [1.54, 1.807) is 16.9 Å². The maximum absolute atomic E-state index is 6.30. The fraction of sp³-hybridized carbons (Fsp3) is 0.143. The zero-order chi connectivity index (χ0) is 13.2. The lowest BCUT2D eigenvalue weighted by Crippen LogP contribution is -2.13. The Morgan fingerprint density at radius 1 is 1.26 bits per heavy atom. The molecule has 0 saturated carbocycles. The van der Waals surface area contributed by atoms with Gasteiger partial charge in [0.25, 0.3) is 0 Å². The van der Waals surface area contributed by atoms with Crippen LogP contribution >= 0.6 is 15.9 Å². The third-order valence-electron chi connectivity index (χ3n) is 3.15. The predicted molar refractivity (Wildman–Crippen MR) is 77.8 cm³/mol. The van der Waals surface area contributed by atoms with Crippen LogP contribution in [-0.2, 0) is 6.42 Å². The van der Waals surface area contributed by atoms with Crippen molar-refractivity contribution in [2.75, 3.05) is 0 Å². The first-order valence-electron chi connectivity index (χ1n) is 6.02. The number of aromatic nitrogens is 3. The second-order valence-corrected chi connectivity index (χ2v) is 5.26. The summed E-state index contributed by atoms with van der Waals surface area (Å²) in [6.07, 6.45) is 7.91. The van der Waals surface area contributed by atoms with E-state index in [-0.39, 0.29) is 6.04 Å².